The van der Waals surface area contributed by atoms with Gasteiger partial charge in [0.15, 0.2) is 0 Å². The highest BCUT2D eigenvalue weighted by atomic mass is 79.9. The number of hydrogen-bond donors (Lipinski definition) is 2. The zero-order chi connectivity index (χ0) is 14.5. The van der Waals surface area contributed by atoms with Crippen molar-refractivity contribution in [2.45, 2.75) is 4.90 Å². The van der Waals surface area contributed by atoms with Crippen LogP contribution in [-0.2, 0) is 0 Å². The molecule has 0 unspecified atom stereocenters. The fraction of sp³-hybridized carbons (Fsp3) is 0.143. The van der Waals surface area contributed by atoms with Gasteiger partial charge in [0.05, 0.1) is 5.56 Å². The molecule has 2 aromatic rings. The highest BCUT2D eigenvalue weighted by Gasteiger charge is 2.13. The number of anilines is 2. The number of hydrogen-bond acceptors (Lipinski definition) is 4. The first kappa shape index (κ1) is 14.9. The largest absolute Gasteiger partial charge is 0.372 e. The van der Waals surface area contributed by atoms with Crippen LogP contribution in [0.3, 0.4) is 0 Å². The van der Waals surface area contributed by atoms with Gasteiger partial charge >= 0.3 is 0 Å². The van der Waals surface area contributed by atoms with E-state index in [1.165, 1.54) is 0 Å². The van der Waals surface area contributed by atoms with Crippen LogP contribution in [0.2, 0.25) is 0 Å². The van der Waals surface area contributed by atoms with Gasteiger partial charge in [0.25, 0.3) is 5.91 Å². The Morgan fingerprint density at radius 2 is 2.15 bits per heavy atom. The molecule has 0 spiro atoms. The molecule has 104 valence electrons. The van der Waals surface area contributed by atoms with E-state index in [1.54, 1.807) is 31.1 Å². The Balaban J connectivity index is 2.25. The number of nitrogens with one attached hydrogen (secondary N) is 2. The van der Waals surface area contributed by atoms with E-state index in [-0.39, 0.29) is 5.91 Å². The zero-order valence-electron chi connectivity index (χ0n) is 11.1. The van der Waals surface area contributed by atoms with Gasteiger partial charge in [-0.1, -0.05) is 6.07 Å². The van der Waals surface area contributed by atoms with Crippen LogP contribution < -0.4 is 10.6 Å². The quantitative estimate of drug-likeness (QED) is 0.821. The minimum Gasteiger partial charge on any atom is -0.372 e. The van der Waals surface area contributed by atoms with Gasteiger partial charge in [0.1, 0.15) is 5.82 Å². The Hall–Kier alpha value is -1.53. The summed E-state index contributed by atoms with van der Waals surface area (Å²) in [6.07, 6.45) is 3.65. The third kappa shape index (κ3) is 3.52. The minimum absolute atomic E-state index is 0.193. The van der Waals surface area contributed by atoms with E-state index in [9.17, 15) is 4.79 Å². The zero-order valence-corrected chi connectivity index (χ0v) is 13.5. The van der Waals surface area contributed by atoms with Gasteiger partial charge in [-0.05, 0) is 46.5 Å². The first-order valence-corrected chi connectivity index (χ1v) is 7.94. The van der Waals surface area contributed by atoms with Crippen LogP contribution in [0, 0.1) is 0 Å². The van der Waals surface area contributed by atoms with Crippen molar-refractivity contribution in [1.29, 1.82) is 0 Å². The standard InChI is InChI=1S/C14H14BrN3OS/c1-16-13-12(6-9(15)8-17-13)14(19)18-10-4-3-5-11(7-10)20-2/h3-8H,1-2H3,(H,16,17)(H,18,19). The topological polar surface area (TPSA) is 54.0 Å². The van der Waals surface area contributed by atoms with E-state index < -0.39 is 0 Å². The Morgan fingerprint density at radius 3 is 2.85 bits per heavy atom. The SMILES string of the molecule is CNc1ncc(Br)cc1C(=O)Nc1cccc(SC)c1. The summed E-state index contributed by atoms with van der Waals surface area (Å²) < 4.78 is 0.763. The molecule has 0 saturated carbocycles. The van der Waals surface area contributed by atoms with Crippen molar-refractivity contribution in [3.05, 3.63) is 46.6 Å². The fourth-order valence-corrected chi connectivity index (χ4v) is 2.50. The Kier molecular flexibility index (Phi) is 5.03. The summed E-state index contributed by atoms with van der Waals surface area (Å²) in [5.74, 6) is 0.355. The summed E-state index contributed by atoms with van der Waals surface area (Å²) in [5.41, 5.74) is 1.26. The average Bonchev–Trinajstić information content (AvgIpc) is 2.47. The molecule has 0 atom stereocenters. The van der Waals surface area contributed by atoms with Gasteiger partial charge in [0, 0.05) is 28.3 Å². The number of pyridine rings is 1. The predicted octanol–water partition coefficient (Wildman–Crippen LogP) is 3.86. The van der Waals surface area contributed by atoms with Gasteiger partial charge in [-0.3, -0.25) is 4.79 Å². The van der Waals surface area contributed by atoms with E-state index in [4.69, 9.17) is 0 Å². The second-order valence-electron chi connectivity index (χ2n) is 3.99. The molecule has 0 saturated heterocycles. The minimum atomic E-state index is -0.193. The van der Waals surface area contributed by atoms with Crippen molar-refractivity contribution in [2.75, 3.05) is 23.9 Å². The number of aromatic nitrogens is 1. The molecule has 0 aliphatic carbocycles. The maximum atomic E-state index is 12.3. The maximum absolute atomic E-state index is 12.3. The van der Waals surface area contributed by atoms with Gasteiger partial charge in [-0.15, -0.1) is 11.8 Å². The smallest absolute Gasteiger partial charge is 0.259 e. The van der Waals surface area contributed by atoms with Crippen LogP contribution in [0.25, 0.3) is 0 Å². The molecular weight excluding hydrogens is 338 g/mol. The van der Waals surface area contributed by atoms with E-state index in [0.29, 0.717) is 11.4 Å². The number of benzene rings is 1. The van der Waals surface area contributed by atoms with Gasteiger partial charge in [0.2, 0.25) is 0 Å². The number of thioether (sulfide) groups is 1. The molecule has 6 heteroatoms. The van der Waals surface area contributed by atoms with Crippen molar-refractivity contribution in [3.8, 4) is 0 Å². The van der Waals surface area contributed by atoms with Gasteiger partial charge in [-0.2, -0.15) is 0 Å². The monoisotopic (exact) mass is 351 g/mol. The van der Waals surface area contributed by atoms with Crippen molar-refractivity contribution >= 4 is 45.1 Å². The number of carbonyl (C=O) groups excluding carboxylic acids is 1. The molecule has 1 amide bonds. The van der Waals surface area contributed by atoms with Crippen molar-refractivity contribution < 1.29 is 4.79 Å². The molecule has 0 aliphatic rings. The lowest BCUT2D eigenvalue weighted by Crippen LogP contribution is -2.14. The lowest BCUT2D eigenvalue weighted by Gasteiger charge is -2.10. The molecular formula is C14H14BrN3OS. The summed E-state index contributed by atoms with van der Waals surface area (Å²) in [6, 6.07) is 9.46. The lowest BCUT2D eigenvalue weighted by molar-refractivity contribution is 0.102. The number of rotatable bonds is 4. The van der Waals surface area contributed by atoms with Crippen LogP contribution in [0.4, 0.5) is 11.5 Å². The van der Waals surface area contributed by atoms with Gasteiger partial charge < -0.3 is 10.6 Å². The first-order valence-electron chi connectivity index (χ1n) is 5.92. The molecule has 2 rings (SSSR count). The third-order valence-electron chi connectivity index (χ3n) is 2.66. The lowest BCUT2D eigenvalue weighted by atomic mass is 10.2. The summed E-state index contributed by atoms with van der Waals surface area (Å²) in [6.45, 7) is 0. The molecule has 1 heterocycles. The van der Waals surface area contributed by atoms with Crippen molar-refractivity contribution in [3.63, 3.8) is 0 Å². The molecule has 2 N–H and O–H groups in total. The molecule has 4 nitrogen and oxygen atoms in total. The number of nitrogens with zero attached hydrogens (tertiary/aromatic N) is 1. The summed E-state index contributed by atoms with van der Waals surface area (Å²) >= 11 is 4.96. The number of halogens is 1. The van der Waals surface area contributed by atoms with Crippen LogP contribution >= 0.6 is 27.7 Å². The fourth-order valence-electron chi connectivity index (χ4n) is 1.71. The third-order valence-corrected chi connectivity index (χ3v) is 3.82. The van der Waals surface area contributed by atoms with E-state index in [1.807, 2.05) is 30.5 Å². The number of carbonyl (C=O) groups is 1. The van der Waals surface area contributed by atoms with E-state index in [0.717, 1.165) is 15.1 Å². The molecule has 1 aromatic heterocycles. The Morgan fingerprint density at radius 1 is 1.35 bits per heavy atom. The highest BCUT2D eigenvalue weighted by molar-refractivity contribution is 9.10. The number of amides is 1. The second-order valence-corrected chi connectivity index (χ2v) is 5.78. The highest BCUT2D eigenvalue weighted by Crippen LogP contribution is 2.22. The van der Waals surface area contributed by atoms with E-state index >= 15 is 0 Å². The Labute approximate surface area is 130 Å². The van der Waals surface area contributed by atoms with E-state index in [2.05, 4.69) is 31.5 Å². The Bertz CT molecular complexity index is 634. The molecule has 0 fully saturated rings. The average molecular weight is 352 g/mol. The van der Waals surface area contributed by atoms with Crippen LogP contribution in [0.15, 0.2) is 45.9 Å². The van der Waals surface area contributed by atoms with Crippen LogP contribution in [0.1, 0.15) is 10.4 Å². The summed E-state index contributed by atoms with van der Waals surface area (Å²) in [7, 11) is 1.74. The van der Waals surface area contributed by atoms with Gasteiger partial charge in [-0.25, -0.2) is 4.98 Å². The van der Waals surface area contributed by atoms with Crippen molar-refractivity contribution in [1.82, 2.24) is 4.98 Å². The predicted molar refractivity (Wildman–Crippen MR) is 87.7 cm³/mol. The summed E-state index contributed by atoms with van der Waals surface area (Å²) in [4.78, 5) is 17.6. The van der Waals surface area contributed by atoms with Crippen molar-refractivity contribution in [2.24, 2.45) is 0 Å². The summed E-state index contributed by atoms with van der Waals surface area (Å²) in [5, 5.41) is 5.80. The van der Waals surface area contributed by atoms with Crippen LogP contribution in [0.5, 0.6) is 0 Å². The normalized spacial score (nSPS) is 10.2. The maximum Gasteiger partial charge on any atom is 0.259 e. The van der Waals surface area contributed by atoms with Crippen LogP contribution in [-0.4, -0.2) is 24.2 Å². The molecule has 0 bridgehead atoms. The second kappa shape index (κ2) is 6.76. The molecule has 0 aliphatic heterocycles. The first-order chi connectivity index (χ1) is 9.63. The molecule has 1 aromatic carbocycles. The molecule has 0 radical (unpaired) electrons. The molecule has 20 heavy (non-hydrogen) atoms.